The molecule has 1 aliphatic rings. The molecule has 0 aromatic heterocycles. The van der Waals surface area contributed by atoms with E-state index in [0.717, 1.165) is 45.8 Å². The minimum atomic E-state index is -0.298. The number of hydrogen-bond donors (Lipinski definition) is 2. The Bertz CT molecular complexity index is 1520. The summed E-state index contributed by atoms with van der Waals surface area (Å²) >= 11 is 8.26. The lowest BCUT2D eigenvalue weighted by Crippen LogP contribution is -2.41. The molecule has 0 bridgehead atoms. The Morgan fingerprint density at radius 2 is 1.09 bits per heavy atom. The molecule has 1 saturated heterocycles. The molecule has 1 heterocycles. The maximum atomic E-state index is 13.4. The molecule has 0 radical (unpaired) electrons. The summed E-state index contributed by atoms with van der Waals surface area (Å²) in [5.74, 6) is -0.459. The predicted octanol–water partition coefficient (Wildman–Crippen LogP) is 9.28. The Hall–Kier alpha value is -1.67. The standard InChI is InChI=1S/C15H23BO3.C15H14BrFO.C6H3BrFI/c1-14(2)15(3,4)19-16(18-14)13-9-7-12(8-10-13)6-5-11-17;16-14-8-7-13(10-15(14)17)12-5-3-11(4-6-12)2-1-9-18;7-5-2-1-4(9)3-6(5)8/h7-10,17H,5-6,11H2,1-4H3;3-8,10,18H,1-2,9H2;1-3H. The van der Waals surface area contributed by atoms with Crippen molar-refractivity contribution in [3.05, 3.63) is 120 Å². The Morgan fingerprint density at radius 1 is 0.652 bits per heavy atom. The summed E-state index contributed by atoms with van der Waals surface area (Å²) < 4.78 is 39.9. The molecule has 2 N–H and O–H groups in total. The highest BCUT2D eigenvalue weighted by atomic mass is 127. The van der Waals surface area contributed by atoms with Crippen LogP contribution in [0.2, 0.25) is 0 Å². The molecule has 246 valence electrons. The summed E-state index contributed by atoms with van der Waals surface area (Å²) in [5.41, 5.74) is 4.73. The fourth-order valence-corrected chi connectivity index (χ4v) is 5.34. The zero-order chi connectivity index (χ0) is 33.9. The van der Waals surface area contributed by atoms with Crippen LogP contribution in [0.15, 0.2) is 93.9 Å². The SMILES string of the molecule is CC1(C)OB(c2ccc(CCCO)cc2)OC1(C)C.Fc1cc(I)ccc1Br.OCCCc1ccc(-c2ccc(Br)c(F)c2)cc1. The number of aryl methyl sites for hydroxylation is 2. The van der Waals surface area contributed by atoms with Gasteiger partial charge in [0.25, 0.3) is 0 Å². The second-order valence-electron chi connectivity index (χ2n) is 11.9. The summed E-state index contributed by atoms with van der Waals surface area (Å²) in [4.78, 5) is 0. The number of halogens is 5. The first-order valence-electron chi connectivity index (χ1n) is 15.1. The highest BCUT2D eigenvalue weighted by Crippen LogP contribution is 2.36. The zero-order valence-electron chi connectivity index (χ0n) is 26.5. The summed E-state index contributed by atoms with van der Waals surface area (Å²) in [6.45, 7) is 8.68. The highest BCUT2D eigenvalue weighted by molar-refractivity contribution is 14.1. The molecule has 5 rings (SSSR count). The first kappa shape index (κ1) is 38.8. The van der Waals surface area contributed by atoms with Crippen molar-refractivity contribution in [1.82, 2.24) is 0 Å². The van der Waals surface area contributed by atoms with E-state index in [-0.39, 0.29) is 43.2 Å². The number of benzene rings is 4. The lowest BCUT2D eigenvalue weighted by molar-refractivity contribution is 0.00578. The molecule has 4 aromatic rings. The van der Waals surface area contributed by atoms with Crippen molar-refractivity contribution in [2.24, 2.45) is 0 Å². The maximum absolute atomic E-state index is 13.4. The van der Waals surface area contributed by atoms with Crippen LogP contribution in [0, 0.1) is 15.2 Å². The van der Waals surface area contributed by atoms with Gasteiger partial charge in [-0.2, -0.15) is 0 Å². The van der Waals surface area contributed by atoms with E-state index in [1.54, 1.807) is 12.1 Å². The minimum absolute atomic E-state index is 0.207. The molecule has 1 aliphatic heterocycles. The fraction of sp³-hybridized carbons (Fsp3) is 0.333. The third kappa shape index (κ3) is 11.5. The molecule has 0 spiro atoms. The van der Waals surface area contributed by atoms with E-state index in [4.69, 9.17) is 19.5 Å². The molecule has 0 aliphatic carbocycles. The van der Waals surface area contributed by atoms with Gasteiger partial charge in [0.2, 0.25) is 0 Å². The molecule has 0 atom stereocenters. The Balaban J connectivity index is 0.000000200. The summed E-state index contributed by atoms with van der Waals surface area (Å²) in [5, 5.41) is 17.6. The summed E-state index contributed by atoms with van der Waals surface area (Å²) in [6.07, 6.45) is 3.34. The van der Waals surface area contributed by atoms with Crippen molar-refractivity contribution < 1.29 is 28.3 Å². The first-order valence-corrected chi connectivity index (χ1v) is 17.7. The molecular weight excluding hydrogens is 832 g/mol. The van der Waals surface area contributed by atoms with Gasteiger partial charge in [-0.1, -0.05) is 54.6 Å². The van der Waals surface area contributed by atoms with Crippen LogP contribution < -0.4 is 5.46 Å². The van der Waals surface area contributed by atoms with E-state index in [1.807, 2.05) is 36.4 Å². The van der Waals surface area contributed by atoms with Gasteiger partial charge in [0.1, 0.15) is 11.6 Å². The molecule has 4 aromatic carbocycles. The third-order valence-corrected chi connectivity index (χ3v) is 9.80. The lowest BCUT2D eigenvalue weighted by atomic mass is 9.79. The number of aliphatic hydroxyl groups excluding tert-OH is 2. The van der Waals surface area contributed by atoms with Crippen LogP contribution in [0.3, 0.4) is 0 Å². The van der Waals surface area contributed by atoms with Crippen LogP contribution >= 0.6 is 54.5 Å². The molecule has 10 heteroatoms. The van der Waals surface area contributed by atoms with E-state index in [1.165, 1.54) is 23.3 Å². The highest BCUT2D eigenvalue weighted by Gasteiger charge is 2.51. The average molecular weight is 872 g/mol. The van der Waals surface area contributed by atoms with E-state index < -0.39 is 0 Å². The fourth-order valence-electron chi connectivity index (χ4n) is 4.40. The van der Waals surface area contributed by atoms with Crippen LogP contribution in [0.25, 0.3) is 11.1 Å². The lowest BCUT2D eigenvalue weighted by Gasteiger charge is -2.32. The van der Waals surface area contributed by atoms with Gasteiger partial charge in [-0.25, -0.2) is 8.78 Å². The zero-order valence-corrected chi connectivity index (χ0v) is 31.8. The van der Waals surface area contributed by atoms with Gasteiger partial charge in [-0.15, -0.1) is 0 Å². The van der Waals surface area contributed by atoms with Crippen molar-refractivity contribution in [3.63, 3.8) is 0 Å². The van der Waals surface area contributed by atoms with Gasteiger partial charge in [0, 0.05) is 16.8 Å². The van der Waals surface area contributed by atoms with Crippen molar-refractivity contribution in [3.8, 4) is 11.1 Å². The maximum Gasteiger partial charge on any atom is 0.494 e. The average Bonchev–Trinajstić information content (AvgIpc) is 3.25. The van der Waals surface area contributed by atoms with Gasteiger partial charge < -0.3 is 19.5 Å². The summed E-state index contributed by atoms with van der Waals surface area (Å²) in [7, 11) is -0.295. The van der Waals surface area contributed by atoms with Crippen molar-refractivity contribution in [2.45, 2.75) is 64.6 Å². The van der Waals surface area contributed by atoms with Crippen molar-refractivity contribution in [2.75, 3.05) is 13.2 Å². The number of hydrogen-bond acceptors (Lipinski definition) is 4. The normalized spacial score (nSPS) is 14.6. The largest absolute Gasteiger partial charge is 0.494 e. The van der Waals surface area contributed by atoms with Gasteiger partial charge in [0.05, 0.1) is 20.1 Å². The second-order valence-corrected chi connectivity index (χ2v) is 14.8. The molecule has 0 amide bonds. The van der Waals surface area contributed by atoms with Crippen LogP contribution in [0.1, 0.15) is 51.7 Å². The van der Waals surface area contributed by atoms with E-state index in [0.29, 0.717) is 8.95 Å². The quantitative estimate of drug-likeness (QED) is 0.105. The molecule has 0 saturated carbocycles. The van der Waals surface area contributed by atoms with Crippen molar-refractivity contribution in [1.29, 1.82) is 0 Å². The Morgan fingerprint density at radius 3 is 1.52 bits per heavy atom. The monoisotopic (exact) mass is 870 g/mol. The van der Waals surface area contributed by atoms with Gasteiger partial charge >= 0.3 is 7.12 Å². The van der Waals surface area contributed by atoms with Gasteiger partial charge in [-0.05, 0) is 166 Å². The topological polar surface area (TPSA) is 58.9 Å². The van der Waals surface area contributed by atoms with Gasteiger partial charge in [0.15, 0.2) is 0 Å². The smallest absolute Gasteiger partial charge is 0.399 e. The molecule has 0 unspecified atom stereocenters. The molecule has 1 fully saturated rings. The Kier molecular flexibility index (Phi) is 15.3. The predicted molar refractivity (Wildman–Crippen MR) is 199 cm³/mol. The minimum Gasteiger partial charge on any atom is -0.399 e. The van der Waals surface area contributed by atoms with E-state index in [9.17, 15) is 8.78 Å². The van der Waals surface area contributed by atoms with E-state index >= 15 is 0 Å². The molecule has 4 nitrogen and oxygen atoms in total. The van der Waals surface area contributed by atoms with Crippen LogP contribution in [0.4, 0.5) is 8.78 Å². The van der Waals surface area contributed by atoms with Crippen LogP contribution in [-0.4, -0.2) is 41.7 Å². The molecule has 46 heavy (non-hydrogen) atoms. The first-order chi connectivity index (χ1) is 21.8. The molecular formula is C36H40BBr2F2IO4. The second kappa shape index (κ2) is 18.2. The van der Waals surface area contributed by atoms with E-state index in [2.05, 4.69) is 106 Å². The summed E-state index contributed by atoms with van der Waals surface area (Å²) in [6, 6.07) is 26.4. The van der Waals surface area contributed by atoms with Crippen LogP contribution in [-0.2, 0) is 22.2 Å². The van der Waals surface area contributed by atoms with Crippen LogP contribution in [0.5, 0.6) is 0 Å². The number of aliphatic hydroxyl groups is 2. The number of rotatable bonds is 8. The van der Waals surface area contributed by atoms with Crippen molar-refractivity contribution >= 4 is 67.0 Å². The third-order valence-electron chi connectivity index (χ3n) is 7.84. The van der Waals surface area contributed by atoms with Gasteiger partial charge in [-0.3, -0.25) is 0 Å². The Labute approximate surface area is 302 Å².